The van der Waals surface area contributed by atoms with E-state index in [4.69, 9.17) is 0 Å². The van der Waals surface area contributed by atoms with E-state index >= 15 is 0 Å². The topological polar surface area (TPSA) is 54.0 Å². The summed E-state index contributed by atoms with van der Waals surface area (Å²) in [5.74, 6) is 0.677. The number of carbonyl (C=O) groups excluding carboxylic acids is 1. The number of rotatable bonds is 7. The molecule has 0 radical (unpaired) electrons. The van der Waals surface area contributed by atoms with Crippen LogP contribution in [0.2, 0.25) is 0 Å². The molecule has 1 fully saturated rings. The average Bonchev–Trinajstić information content (AvgIpc) is 3.20. The number of nitrogens with zero attached hydrogens (tertiary/aromatic N) is 1. The van der Waals surface area contributed by atoms with Crippen LogP contribution < -0.4 is 10.6 Å². The largest absolute Gasteiger partial charge is 0.382 e. The Morgan fingerprint density at radius 3 is 2.53 bits per heavy atom. The molecule has 0 aliphatic heterocycles. The number of nitrogens with one attached hydrogen (secondary N) is 2. The minimum absolute atomic E-state index is 0.0828. The average molecular weight is 438 g/mol. The Morgan fingerprint density at radius 2 is 1.80 bits per heavy atom. The Kier molecular flexibility index (Phi) is 7.07. The molecular formula is C24H27N3OS2. The first-order chi connectivity index (χ1) is 14.7. The highest BCUT2D eigenvalue weighted by molar-refractivity contribution is 7.98. The highest BCUT2D eigenvalue weighted by Crippen LogP contribution is 2.28. The van der Waals surface area contributed by atoms with E-state index in [2.05, 4.69) is 33.1 Å². The van der Waals surface area contributed by atoms with Gasteiger partial charge >= 0.3 is 0 Å². The second-order valence-electron chi connectivity index (χ2n) is 7.65. The van der Waals surface area contributed by atoms with Crippen molar-refractivity contribution in [2.45, 2.75) is 55.7 Å². The van der Waals surface area contributed by atoms with Crippen molar-refractivity contribution in [2.75, 3.05) is 10.6 Å². The van der Waals surface area contributed by atoms with Gasteiger partial charge in [0, 0.05) is 33.4 Å². The first-order valence-corrected chi connectivity index (χ1v) is 12.3. The fourth-order valence-corrected chi connectivity index (χ4v) is 5.40. The minimum atomic E-state index is -0.0828. The van der Waals surface area contributed by atoms with Crippen molar-refractivity contribution in [3.8, 4) is 0 Å². The number of anilines is 2. The van der Waals surface area contributed by atoms with Gasteiger partial charge in [-0.1, -0.05) is 31.4 Å². The molecule has 4 rings (SSSR count). The first kappa shape index (κ1) is 20.9. The third kappa shape index (κ3) is 5.64. The van der Waals surface area contributed by atoms with Crippen LogP contribution in [-0.2, 0) is 5.75 Å². The molecule has 1 amide bonds. The summed E-state index contributed by atoms with van der Waals surface area (Å²) in [6, 6.07) is 16.4. The van der Waals surface area contributed by atoms with E-state index < -0.39 is 0 Å². The van der Waals surface area contributed by atoms with E-state index in [0.29, 0.717) is 11.6 Å². The number of thiazole rings is 1. The molecule has 1 aliphatic carbocycles. The Balaban J connectivity index is 1.37. The van der Waals surface area contributed by atoms with Gasteiger partial charge in [-0.3, -0.25) is 4.79 Å². The Morgan fingerprint density at radius 1 is 1.07 bits per heavy atom. The SMILES string of the molecule is Cc1nc(CSc2ccccc2C(=O)Nc2ccc(NC3CCCCC3)cc2)cs1. The number of aromatic nitrogens is 1. The third-order valence-electron chi connectivity index (χ3n) is 5.29. The smallest absolute Gasteiger partial charge is 0.256 e. The number of aryl methyl sites for hydroxylation is 1. The number of amides is 1. The Labute approximate surface area is 186 Å². The number of benzene rings is 2. The number of hydrogen-bond donors (Lipinski definition) is 2. The Bertz CT molecular complexity index is 978. The summed E-state index contributed by atoms with van der Waals surface area (Å²) in [6.45, 7) is 2.01. The van der Waals surface area contributed by atoms with Crippen LogP contribution >= 0.6 is 23.1 Å². The molecule has 1 aliphatic rings. The summed E-state index contributed by atoms with van der Waals surface area (Å²) < 4.78 is 0. The van der Waals surface area contributed by atoms with Gasteiger partial charge in [0.1, 0.15) is 0 Å². The molecule has 1 aromatic heterocycles. The van der Waals surface area contributed by atoms with Crippen LogP contribution in [0.3, 0.4) is 0 Å². The highest BCUT2D eigenvalue weighted by atomic mass is 32.2. The molecule has 2 N–H and O–H groups in total. The molecule has 156 valence electrons. The van der Waals surface area contributed by atoms with Crippen LogP contribution in [0.4, 0.5) is 11.4 Å². The molecule has 3 aromatic rings. The molecular weight excluding hydrogens is 410 g/mol. The fraction of sp³-hybridized carbons (Fsp3) is 0.333. The lowest BCUT2D eigenvalue weighted by Crippen LogP contribution is -2.22. The van der Waals surface area contributed by atoms with Crippen molar-refractivity contribution in [3.05, 3.63) is 70.2 Å². The van der Waals surface area contributed by atoms with Crippen LogP contribution in [0.1, 0.15) is 53.2 Å². The van der Waals surface area contributed by atoms with Gasteiger partial charge in [0.2, 0.25) is 0 Å². The normalized spacial score (nSPS) is 14.4. The summed E-state index contributed by atoms with van der Waals surface area (Å²) in [4.78, 5) is 18.4. The van der Waals surface area contributed by atoms with E-state index in [1.54, 1.807) is 23.1 Å². The second-order valence-corrected chi connectivity index (χ2v) is 9.73. The van der Waals surface area contributed by atoms with E-state index in [-0.39, 0.29) is 5.91 Å². The molecule has 6 heteroatoms. The first-order valence-electron chi connectivity index (χ1n) is 10.5. The number of hydrogen-bond acceptors (Lipinski definition) is 5. The lowest BCUT2D eigenvalue weighted by molar-refractivity contribution is 0.102. The maximum Gasteiger partial charge on any atom is 0.256 e. The van der Waals surface area contributed by atoms with Crippen molar-refractivity contribution >= 4 is 40.4 Å². The summed E-state index contributed by atoms with van der Waals surface area (Å²) in [6.07, 6.45) is 6.46. The van der Waals surface area contributed by atoms with Gasteiger partial charge < -0.3 is 10.6 Å². The second kappa shape index (κ2) is 10.1. The lowest BCUT2D eigenvalue weighted by Gasteiger charge is -2.23. The van der Waals surface area contributed by atoms with Gasteiger partial charge in [-0.25, -0.2) is 4.98 Å². The van der Waals surface area contributed by atoms with Gasteiger partial charge in [0.15, 0.2) is 0 Å². The predicted molar refractivity (Wildman–Crippen MR) is 128 cm³/mol. The molecule has 2 aromatic carbocycles. The zero-order valence-corrected chi connectivity index (χ0v) is 18.8. The quantitative estimate of drug-likeness (QED) is 0.402. The monoisotopic (exact) mass is 437 g/mol. The van der Waals surface area contributed by atoms with E-state index in [0.717, 1.165) is 32.7 Å². The van der Waals surface area contributed by atoms with Crippen molar-refractivity contribution in [2.24, 2.45) is 0 Å². The molecule has 0 atom stereocenters. The van der Waals surface area contributed by atoms with Crippen molar-refractivity contribution in [1.82, 2.24) is 4.98 Å². The predicted octanol–water partition coefficient (Wildman–Crippen LogP) is 6.74. The molecule has 1 heterocycles. The van der Waals surface area contributed by atoms with Gasteiger partial charge in [-0.2, -0.15) is 0 Å². The van der Waals surface area contributed by atoms with Crippen LogP contribution in [0.15, 0.2) is 58.8 Å². The summed E-state index contributed by atoms with van der Waals surface area (Å²) >= 11 is 3.30. The van der Waals surface area contributed by atoms with Crippen molar-refractivity contribution < 1.29 is 4.79 Å². The standard InChI is InChI=1S/C24H27N3OS2/c1-17-25-21(15-29-17)16-30-23-10-6-5-9-22(23)24(28)27-20-13-11-19(12-14-20)26-18-7-3-2-4-8-18/h5-6,9-15,18,26H,2-4,7-8,16H2,1H3,(H,27,28). The molecule has 0 bridgehead atoms. The molecule has 0 spiro atoms. The van der Waals surface area contributed by atoms with Gasteiger partial charge in [0.05, 0.1) is 16.3 Å². The zero-order valence-electron chi connectivity index (χ0n) is 17.2. The summed E-state index contributed by atoms with van der Waals surface area (Å²) in [5, 5.41) is 9.80. The number of carbonyl (C=O) groups is 1. The highest BCUT2D eigenvalue weighted by Gasteiger charge is 2.14. The van der Waals surface area contributed by atoms with Crippen molar-refractivity contribution in [1.29, 1.82) is 0 Å². The fourth-order valence-electron chi connectivity index (χ4n) is 3.74. The summed E-state index contributed by atoms with van der Waals surface area (Å²) in [7, 11) is 0. The van der Waals surface area contributed by atoms with Gasteiger partial charge in [0.25, 0.3) is 5.91 Å². The molecule has 4 nitrogen and oxygen atoms in total. The Hall–Kier alpha value is -2.31. The van der Waals surface area contributed by atoms with E-state index in [1.165, 1.54) is 32.1 Å². The van der Waals surface area contributed by atoms with Gasteiger partial charge in [-0.15, -0.1) is 23.1 Å². The molecule has 0 saturated heterocycles. The maximum absolute atomic E-state index is 12.9. The van der Waals surface area contributed by atoms with Crippen LogP contribution in [-0.4, -0.2) is 16.9 Å². The van der Waals surface area contributed by atoms with Crippen molar-refractivity contribution in [3.63, 3.8) is 0 Å². The molecule has 0 unspecified atom stereocenters. The minimum Gasteiger partial charge on any atom is -0.382 e. The molecule has 30 heavy (non-hydrogen) atoms. The van der Waals surface area contributed by atoms with Crippen LogP contribution in [0.25, 0.3) is 0 Å². The zero-order chi connectivity index (χ0) is 20.8. The summed E-state index contributed by atoms with van der Waals surface area (Å²) in [5.41, 5.74) is 3.68. The van der Waals surface area contributed by atoms with Gasteiger partial charge in [-0.05, 0) is 56.2 Å². The van der Waals surface area contributed by atoms with Crippen LogP contribution in [0.5, 0.6) is 0 Å². The van der Waals surface area contributed by atoms with E-state index in [1.807, 2.05) is 43.3 Å². The van der Waals surface area contributed by atoms with E-state index in [9.17, 15) is 4.79 Å². The maximum atomic E-state index is 12.9. The van der Waals surface area contributed by atoms with Crippen LogP contribution in [0, 0.1) is 6.92 Å². The molecule has 1 saturated carbocycles. The number of thioether (sulfide) groups is 1. The third-order valence-corrected chi connectivity index (χ3v) is 7.22. The lowest BCUT2D eigenvalue weighted by atomic mass is 9.95.